The molecule has 1 heterocycles. The van der Waals surface area contributed by atoms with E-state index in [-0.39, 0.29) is 6.10 Å². The van der Waals surface area contributed by atoms with Crippen molar-refractivity contribution in [3.8, 4) is 17.5 Å². The molecule has 0 atom stereocenters. The van der Waals surface area contributed by atoms with E-state index in [2.05, 4.69) is 20.9 Å². The first-order valence-corrected chi connectivity index (χ1v) is 7.19. The van der Waals surface area contributed by atoms with E-state index in [0.717, 1.165) is 4.47 Å². The zero-order valence-corrected chi connectivity index (χ0v) is 13.4. The Morgan fingerprint density at radius 3 is 2.65 bits per heavy atom. The van der Waals surface area contributed by atoms with Crippen molar-refractivity contribution >= 4 is 33.2 Å². The molecule has 0 bridgehead atoms. The van der Waals surface area contributed by atoms with Gasteiger partial charge < -0.3 is 15.2 Å². The van der Waals surface area contributed by atoms with Gasteiger partial charge in [0.25, 0.3) is 0 Å². The molecule has 1 aromatic heterocycles. The fourth-order valence-corrected chi connectivity index (χ4v) is 2.24. The molecular formula is C14H14BrClN2O2. The lowest BCUT2D eigenvalue weighted by molar-refractivity contribution is 0.232. The van der Waals surface area contributed by atoms with Crippen LogP contribution in [-0.2, 0) is 0 Å². The van der Waals surface area contributed by atoms with Gasteiger partial charge >= 0.3 is 0 Å². The van der Waals surface area contributed by atoms with Gasteiger partial charge in [-0.15, -0.1) is 0 Å². The molecule has 6 heteroatoms. The largest absolute Gasteiger partial charge is 0.473 e. The Hall–Kier alpha value is -1.46. The number of hydrogen-bond acceptors (Lipinski definition) is 4. The minimum atomic E-state index is -0.0117. The van der Waals surface area contributed by atoms with E-state index in [1.807, 2.05) is 13.8 Å². The number of hydrogen-bond donors (Lipinski definition) is 1. The maximum atomic E-state index is 5.89. The minimum Gasteiger partial charge on any atom is -0.473 e. The number of nitrogen functional groups attached to an aromatic ring is 1. The second-order valence-corrected chi connectivity index (χ2v) is 5.68. The molecule has 2 N–H and O–H groups in total. The Labute approximate surface area is 131 Å². The SMILES string of the molecule is CC(C)Oc1nc(Oc2ccc(Cl)cc2Br)ccc1N. The van der Waals surface area contributed by atoms with Gasteiger partial charge in [-0.2, -0.15) is 4.98 Å². The molecule has 2 rings (SSSR count). The molecule has 4 nitrogen and oxygen atoms in total. The molecule has 106 valence electrons. The summed E-state index contributed by atoms with van der Waals surface area (Å²) in [6.07, 6.45) is -0.0117. The summed E-state index contributed by atoms with van der Waals surface area (Å²) in [6, 6.07) is 8.63. The topological polar surface area (TPSA) is 57.4 Å². The van der Waals surface area contributed by atoms with Crippen molar-refractivity contribution < 1.29 is 9.47 Å². The number of benzene rings is 1. The molecule has 0 spiro atoms. The van der Waals surface area contributed by atoms with Gasteiger partial charge in [0, 0.05) is 11.1 Å². The van der Waals surface area contributed by atoms with Crippen LogP contribution in [0.2, 0.25) is 5.02 Å². The molecule has 0 saturated heterocycles. The second-order valence-electron chi connectivity index (χ2n) is 4.39. The van der Waals surface area contributed by atoms with Crippen LogP contribution in [0.4, 0.5) is 5.69 Å². The summed E-state index contributed by atoms with van der Waals surface area (Å²) in [5.41, 5.74) is 6.28. The van der Waals surface area contributed by atoms with Gasteiger partial charge in [0.15, 0.2) is 0 Å². The Bertz CT molecular complexity index is 620. The first-order chi connectivity index (χ1) is 9.45. The standard InChI is InChI=1S/C14H14BrClN2O2/c1-8(2)19-14-11(17)4-6-13(18-14)20-12-5-3-9(16)7-10(12)15/h3-8H,17H2,1-2H3. The van der Waals surface area contributed by atoms with Crippen LogP contribution in [-0.4, -0.2) is 11.1 Å². The zero-order valence-electron chi connectivity index (χ0n) is 11.1. The third-order valence-corrected chi connectivity index (χ3v) is 3.17. The molecule has 20 heavy (non-hydrogen) atoms. The van der Waals surface area contributed by atoms with Crippen LogP contribution in [0.5, 0.6) is 17.5 Å². The van der Waals surface area contributed by atoms with Crippen LogP contribution >= 0.6 is 27.5 Å². The molecule has 0 unspecified atom stereocenters. The molecule has 0 aliphatic rings. The monoisotopic (exact) mass is 356 g/mol. The van der Waals surface area contributed by atoms with E-state index in [4.69, 9.17) is 26.8 Å². The van der Waals surface area contributed by atoms with Crippen molar-refractivity contribution in [1.82, 2.24) is 4.98 Å². The fourth-order valence-electron chi connectivity index (χ4n) is 1.48. The lowest BCUT2D eigenvalue weighted by atomic mass is 10.3. The molecule has 0 aliphatic heterocycles. The number of halogens is 2. The summed E-state index contributed by atoms with van der Waals surface area (Å²) in [4.78, 5) is 4.25. The van der Waals surface area contributed by atoms with Crippen molar-refractivity contribution in [1.29, 1.82) is 0 Å². The summed E-state index contributed by atoms with van der Waals surface area (Å²) in [5.74, 6) is 1.38. The average molecular weight is 358 g/mol. The van der Waals surface area contributed by atoms with E-state index in [0.29, 0.717) is 28.2 Å². The van der Waals surface area contributed by atoms with E-state index >= 15 is 0 Å². The van der Waals surface area contributed by atoms with Gasteiger partial charge in [-0.25, -0.2) is 0 Å². The Kier molecular flexibility index (Phi) is 4.73. The smallest absolute Gasteiger partial charge is 0.240 e. The first-order valence-electron chi connectivity index (χ1n) is 6.02. The Morgan fingerprint density at radius 1 is 1.25 bits per heavy atom. The molecule has 2 aromatic rings. The third kappa shape index (κ3) is 3.77. The summed E-state index contributed by atoms with van der Waals surface area (Å²) in [6.45, 7) is 3.81. The van der Waals surface area contributed by atoms with Crippen LogP contribution in [0, 0.1) is 0 Å². The van der Waals surface area contributed by atoms with Gasteiger partial charge in [-0.1, -0.05) is 11.6 Å². The van der Waals surface area contributed by atoms with Crippen LogP contribution in [0.25, 0.3) is 0 Å². The number of ether oxygens (including phenoxy) is 2. The van der Waals surface area contributed by atoms with Crippen molar-refractivity contribution in [2.45, 2.75) is 20.0 Å². The zero-order chi connectivity index (χ0) is 14.7. The van der Waals surface area contributed by atoms with Crippen molar-refractivity contribution in [3.05, 3.63) is 39.8 Å². The van der Waals surface area contributed by atoms with Crippen molar-refractivity contribution in [2.24, 2.45) is 0 Å². The number of nitrogens with zero attached hydrogens (tertiary/aromatic N) is 1. The van der Waals surface area contributed by atoms with Gasteiger partial charge in [0.2, 0.25) is 11.8 Å². The summed E-state index contributed by atoms with van der Waals surface area (Å²) < 4.78 is 12.0. The van der Waals surface area contributed by atoms with Gasteiger partial charge in [-0.05, 0) is 54.0 Å². The highest BCUT2D eigenvalue weighted by Crippen LogP contribution is 2.32. The van der Waals surface area contributed by atoms with Crippen molar-refractivity contribution in [2.75, 3.05) is 5.73 Å². The van der Waals surface area contributed by atoms with E-state index in [1.165, 1.54) is 0 Å². The molecule has 0 fully saturated rings. The minimum absolute atomic E-state index is 0.0117. The van der Waals surface area contributed by atoms with Crippen LogP contribution in [0.3, 0.4) is 0 Å². The number of aromatic nitrogens is 1. The van der Waals surface area contributed by atoms with E-state index < -0.39 is 0 Å². The molecule has 0 radical (unpaired) electrons. The van der Waals surface area contributed by atoms with Crippen LogP contribution in [0.15, 0.2) is 34.8 Å². The maximum Gasteiger partial charge on any atom is 0.240 e. The predicted molar refractivity (Wildman–Crippen MR) is 83.6 cm³/mol. The molecule has 0 amide bonds. The summed E-state index contributed by atoms with van der Waals surface area (Å²) in [5, 5.41) is 0.623. The Balaban J connectivity index is 2.25. The summed E-state index contributed by atoms with van der Waals surface area (Å²) in [7, 11) is 0. The number of nitrogens with two attached hydrogens (primary N) is 1. The molecular weight excluding hydrogens is 344 g/mol. The lowest BCUT2D eigenvalue weighted by Crippen LogP contribution is -2.09. The van der Waals surface area contributed by atoms with Crippen molar-refractivity contribution in [3.63, 3.8) is 0 Å². The Morgan fingerprint density at radius 2 is 2.00 bits per heavy atom. The van der Waals surface area contributed by atoms with Crippen LogP contribution < -0.4 is 15.2 Å². The highest BCUT2D eigenvalue weighted by molar-refractivity contribution is 9.10. The predicted octanol–water partition coefficient (Wildman–Crippen LogP) is 4.66. The second kappa shape index (κ2) is 6.33. The molecule has 0 aliphatic carbocycles. The van der Waals surface area contributed by atoms with Gasteiger partial charge in [-0.3, -0.25) is 0 Å². The molecule has 1 aromatic carbocycles. The number of pyridine rings is 1. The van der Waals surface area contributed by atoms with Gasteiger partial charge in [0.05, 0.1) is 16.3 Å². The number of anilines is 1. The molecule has 0 saturated carbocycles. The van der Waals surface area contributed by atoms with Gasteiger partial charge in [0.1, 0.15) is 5.75 Å². The fraction of sp³-hybridized carbons (Fsp3) is 0.214. The first kappa shape index (κ1) is 14.9. The van der Waals surface area contributed by atoms with E-state index in [1.54, 1.807) is 30.3 Å². The summed E-state index contributed by atoms with van der Waals surface area (Å²) >= 11 is 9.27. The lowest BCUT2D eigenvalue weighted by Gasteiger charge is -2.13. The van der Waals surface area contributed by atoms with E-state index in [9.17, 15) is 0 Å². The third-order valence-electron chi connectivity index (χ3n) is 2.32. The quantitative estimate of drug-likeness (QED) is 0.864. The average Bonchev–Trinajstić information content (AvgIpc) is 2.36. The maximum absolute atomic E-state index is 5.89. The highest BCUT2D eigenvalue weighted by atomic mass is 79.9. The normalized spacial score (nSPS) is 10.7. The van der Waals surface area contributed by atoms with Crippen LogP contribution in [0.1, 0.15) is 13.8 Å². The highest BCUT2D eigenvalue weighted by Gasteiger charge is 2.09. The number of rotatable bonds is 4.